The zero-order valence-corrected chi connectivity index (χ0v) is 17.9. The van der Waals surface area contributed by atoms with Crippen LogP contribution in [0.3, 0.4) is 0 Å². The molecular formula is C22H19N3O4S2. The Morgan fingerprint density at radius 3 is 2.55 bits per heavy atom. The van der Waals surface area contributed by atoms with Gasteiger partial charge in [-0.25, -0.2) is 13.1 Å². The lowest BCUT2D eigenvalue weighted by molar-refractivity contribution is -0.118. The Morgan fingerprint density at radius 1 is 1.00 bits per heavy atom. The summed E-state index contributed by atoms with van der Waals surface area (Å²) >= 11 is 1.39. The smallest absolute Gasteiger partial charge is 0.262 e. The number of sulfonamides is 1. The molecule has 9 heteroatoms. The van der Waals surface area contributed by atoms with E-state index in [9.17, 15) is 13.2 Å². The van der Waals surface area contributed by atoms with E-state index in [-0.39, 0.29) is 24.0 Å². The number of amides is 1. The summed E-state index contributed by atoms with van der Waals surface area (Å²) in [7, 11) is -3.65. The summed E-state index contributed by atoms with van der Waals surface area (Å²) in [6.07, 6.45) is 1.75. The van der Waals surface area contributed by atoms with Crippen LogP contribution in [0.1, 0.15) is 5.56 Å². The number of benzene rings is 3. The fourth-order valence-corrected chi connectivity index (χ4v) is 4.51. The number of hydrogen-bond acceptors (Lipinski definition) is 6. The number of ether oxygens (including phenoxy) is 1. The van der Waals surface area contributed by atoms with Crippen molar-refractivity contribution in [1.29, 1.82) is 0 Å². The first-order valence-electron chi connectivity index (χ1n) is 9.40. The van der Waals surface area contributed by atoms with E-state index in [1.807, 2.05) is 42.5 Å². The molecule has 158 valence electrons. The van der Waals surface area contributed by atoms with Crippen LogP contribution in [0.25, 0.3) is 10.1 Å². The fourth-order valence-electron chi connectivity index (χ4n) is 2.87. The molecule has 4 rings (SSSR count). The van der Waals surface area contributed by atoms with Gasteiger partial charge >= 0.3 is 0 Å². The third-order valence-electron chi connectivity index (χ3n) is 4.45. The largest absolute Gasteiger partial charge is 0.484 e. The zero-order valence-electron chi connectivity index (χ0n) is 16.3. The van der Waals surface area contributed by atoms with Gasteiger partial charge in [0, 0.05) is 23.8 Å². The van der Waals surface area contributed by atoms with Crippen LogP contribution in [-0.2, 0) is 21.4 Å². The third-order valence-corrected chi connectivity index (χ3v) is 6.65. The molecule has 0 aliphatic carbocycles. The lowest BCUT2D eigenvalue weighted by Gasteiger charge is -2.10. The van der Waals surface area contributed by atoms with Gasteiger partial charge in [0.2, 0.25) is 10.0 Å². The van der Waals surface area contributed by atoms with Crippen molar-refractivity contribution in [3.63, 3.8) is 0 Å². The van der Waals surface area contributed by atoms with Crippen LogP contribution in [0, 0.1) is 0 Å². The van der Waals surface area contributed by atoms with Crippen LogP contribution in [0.5, 0.6) is 5.75 Å². The van der Waals surface area contributed by atoms with Crippen LogP contribution >= 0.6 is 11.5 Å². The maximum atomic E-state index is 12.4. The topological polar surface area (TPSA) is 97.4 Å². The molecule has 3 aromatic carbocycles. The number of aromatic nitrogens is 1. The van der Waals surface area contributed by atoms with Crippen molar-refractivity contribution >= 4 is 43.2 Å². The standard InChI is InChI=1S/C22H19N3O4S2/c26-22(25-18-6-11-21-17(12-18)14-23-30-21)15-29-19-7-9-20(10-8-19)31(27,28)24-13-16-4-2-1-3-5-16/h1-12,14,24H,13,15H2,(H,25,26). The maximum Gasteiger partial charge on any atom is 0.262 e. The molecule has 0 fully saturated rings. The van der Waals surface area contributed by atoms with Gasteiger partial charge in [0.1, 0.15) is 5.75 Å². The predicted molar refractivity (Wildman–Crippen MR) is 121 cm³/mol. The summed E-state index contributed by atoms with van der Waals surface area (Å²) in [5, 5.41) is 3.73. The highest BCUT2D eigenvalue weighted by Crippen LogP contribution is 2.22. The second-order valence-electron chi connectivity index (χ2n) is 6.70. The van der Waals surface area contributed by atoms with Crippen molar-refractivity contribution in [3.05, 3.63) is 84.6 Å². The number of rotatable bonds is 8. The molecule has 0 saturated heterocycles. The van der Waals surface area contributed by atoms with Crippen molar-refractivity contribution in [2.24, 2.45) is 0 Å². The highest BCUT2D eigenvalue weighted by atomic mass is 32.2. The SMILES string of the molecule is O=C(COc1ccc(S(=O)(=O)NCc2ccccc2)cc1)Nc1ccc2sncc2c1. The van der Waals surface area contributed by atoms with E-state index in [2.05, 4.69) is 14.4 Å². The normalized spacial score (nSPS) is 11.4. The van der Waals surface area contributed by atoms with E-state index in [1.54, 1.807) is 12.3 Å². The Kier molecular flexibility index (Phi) is 6.26. The van der Waals surface area contributed by atoms with Crippen LogP contribution in [0.4, 0.5) is 5.69 Å². The fraction of sp³-hybridized carbons (Fsp3) is 0.0909. The minimum Gasteiger partial charge on any atom is -0.484 e. The van der Waals surface area contributed by atoms with Gasteiger partial charge in [0.15, 0.2) is 6.61 Å². The van der Waals surface area contributed by atoms with Gasteiger partial charge in [-0.2, -0.15) is 4.37 Å². The average Bonchev–Trinajstić information content (AvgIpc) is 3.25. The van der Waals surface area contributed by atoms with Gasteiger partial charge in [0.05, 0.1) is 9.60 Å². The molecule has 0 saturated carbocycles. The zero-order chi connectivity index (χ0) is 21.7. The molecule has 7 nitrogen and oxygen atoms in total. The summed E-state index contributed by atoms with van der Waals surface area (Å²) < 4.78 is 38.1. The highest BCUT2D eigenvalue weighted by molar-refractivity contribution is 7.89. The monoisotopic (exact) mass is 453 g/mol. The van der Waals surface area contributed by atoms with Crippen LogP contribution in [0.2, 0.25) is 0 Å². The third kappa shape index (κ3) is 5.46. The lowest BCUT2D eigenvalue weighted by Crippen LogP contribution is -2.23. The summed E-state index contributed by atoms with van der Waals surface area (Å²) in [5.41, 5.74) is 1.53. The van der Waals surface area contributed by atoms with Crippen molar-refractivity contribution in [1.82, 2.24) is 9.10 Å². The maximum absolute atomic E-state index is 12.4. The van der Waals surface area contributed by atoms with E-state index in [0.29, 0.717) is 11.4 Å². The Bertz CT molecular complexity index is 1290. The molecule has 0 aliphatic rings. The summed E-state index contributed by atoms with van der Waals surface area (Å²) in [4.78, 5) is 12.3. The number of nitrogens with one attached hydrogen (secondary N) is 2. The first-order valence-corrected chi connectivity index (χ1v) is 11.7. The number of carbonyl (C=O) groups excluding carboxylic acids is 1. The van der Waals surface area contributed by atoms with Crippen molar-refractivity contribution in [2.45, 2.75) is 11.4 Å². The van der Waals surface area contributed by atoms with Gasteiger partial charge < -0.3 is 10.1 Å². The summed E-state index contributed by atoms with van der Waals surface area (Å²) in [6.45, 7) is 0.00705. The second-order valence-corrected chi connectivity index (χ2v) is 9.30. The van der Waals surface area contributed by atoms with Gasteiger partial charge in [-0.05, 0) is 59.6 Å². The van der Waals surface area contributed by atoms with Gasteiger partial charge in [0.25, 0.3) is 5.91 Å². The van der Waals surface area contributed by atoms with E-state index in [1.165, 1.54) is 35.8 Å². The molecule has 1 aromatic heterocycles. The molecule has 31 heavy (non-hydrogen) atoms. The first-order chi connectivity index (χ1) is 15.0. The van der Waals surface area contributed by atoms with E-state index in [4.69, 9.17) is 4.74 Å². The van der Waals surface area contributed by atoms with Crippen molar-refractivity contribution in [2.75, 3.05) is 11.9 Å². The van der Waals surface area contributed by atoms with Gasteiger partial charge in [-0.3, -0.25) is 4.79 Å². The molecule has 0 bridgehead atoms. The second kappa shape index (κ2) is 9.25. The highest BCUT2D eigenvalue weighted by Gasteiger charge is 2.14. The lowest BCUT2D eigenvalue weighted by atomic mass is 10.2. The predicted octanol–water partition coefficient (Wildman–Crippen LogP) is 3.79. The average molecular weight is 454 g/mol. The summed E-state index contributed by atoms with van der Waals surface area (Å²) in [5.74, 6) is 0.0819. The van der Waals surface area contributed by atoms with Crippen LogP contribution in [-0.4, -0.2) is 25.3 Å². The Hall–Kier alpha value is -3.27. The number of hydrogen-bond donors (Lipinski definition) is 2. The van der Waals surface area contributed by atoms with Crippen LogP contribution < -0.4 is 14.8 Å². The Morgan fingerprint density at radius 2 is 1.77 bits per heavy atom. The van der Waals surface area contributed by atoms with E-state index >= 15 is 0 Å². The number of fused-ring (bicyclic) bond motifs is 1. The quantitative estimate of drug-likeness (QED) is 0.423. The summed E-state index contributed by atoms with van der Waals surface area (Å²) in [6, 6.07) is 20.7. The number of anilines is 1. The van der Waals surface area contributed by atoms with Crippen molar-refractivity contribution < 1.29 is 17.9 Å². The van der Waals surface area contributed by atoms with Gasteiger partial charge in [-0.15, -0.1) is 0 Å². The first kappa shape index (κ1) is 21.0. The van der Waals surface area contributed by atoms with Crippen LogP contribution in [0.15, 0.2) is 83.9 Å². The van der Waals surface area contributed by atoms with Gasteiger partial charge in [-0.1, -0.05) is 30.3 Å². The molecular weight excluding hydrogens is 434 g/mol. The molecule has 0 aliphatic heterocycles. The van der Waals surface area contributed by atoms with E-state index in [0.717, 1.165) is 15.6 Å². The molecule has 2 N–H and O–H groups in total. The minimum atomic E-state index is -3.65. The molecule has 1 heterocycles. The molecule has 0 radical (unpaired) electrons. The molecule has 0 atom stereocenters. The number of nitrogens with zero attached hydrogens (tertiary/aromatic N) is 1. The number of carbonyl (C=O) groups is 1. The Labute approximate surface area is 183 Å². The molecule has 0 unspecified atom stereocenters. The minimum absolute atomic E-state index is 0.123. The van der Waals surface area contributed by atoms with Crippen molar-refractivity contribution in [3.8, 4) is 5.75 Å². The molecule has 1 amide bonds. The van der Waals surface area contributed by atoms with E-state index < -0.39 is 10.0 Å². The molecule has 0 spiro atoms. The molecule has 4 aromatic rings. The Balaban J connectivity index is 1.30.